The summed E-state index contributed by atoms with van der Waals surface area (Å²) < 4.78 is 0. The molecule has 1 aromatic carbocycles. The van der Waals surface area contributed by atoms with Crippen LogP contribution in [0.4, 0.5) is 5.69 Å². The van der Waals surface area contributed by atoms with Gasteiger partial charge in [0.1, 0.15) is 0 Å². The number of benzene rings is 1. The van der Waals surface area contributed by atoms with Crippen molar-refractivity contribution in [1.29, 1.82) is 0 Å². The van der Waals surface area contributed by atoms with E-state index in [0.29, 0.717) is 0 Å². The number of aryl methyl sites for hydroxylation is 2. The van der Waals surface area contributed by atoms with E-state index >= 15 is 0 Å². The monoisotopic (exact) mass is 242 g/mol. The third-order valence-corrected chi connectivity index (χ3v) is 3.07. The fraction of sp³-hybridized carbons (Fsp3) is 0.267. The molecule has 3 nitrogen and oxygen atoms in total. The second-order valence-electron chi connectivity index (χ2n) is 4.70. The Morgan fingerprint density at radius 3 is 2.67 bits per heavy atom. The summed E-state index contributed by atoms with van der Waals surface area (Å²) in [5.41, 5.74) is 5.43. The number of carbonyl (C=O) groups is 1. The van der Waals surface area contributed by atoms with Crippen molar-refractivity contribution in [1.82, 2.24) is 4.98 Å². The molecule has 18 heavy (non-hydrogen) atoms. The molecular formula is C15H18N2O. The highest BCUT2D eigenvalue weighted by Crippen LogP contribution is 2.24. The van der Waals surface area contributed by atoms with Crippen LogP contribution in [-0.4, -0.2) is 10.8 Å². The van der Waals surface area contributed by atoms with E-state index in [9.17, 15) is 4.79 Å². The average Bonchev–Trinajstić information content (AvgIpc) is 2.53. The van der Waals surface area contributed by atoms with Crippen molar-refractivity contribution in [2.75, 3.05) is 5.32 Å². The molecule has 0 fully saturated rings. The van der Waals surface area contributed by atoms with Crippen molar-refractivity contribution in [2.24, 2.45) is 0 Å². The van der Waals surface area contributed by atoms with Crippen LogP contribution in [0, 0.1) is 13.8 Å². The molecule has 0 amide bonds. The summed E-state index contributed by atoms with van der Waals surface area (Å²) in [5, 5.41) is 4.46. The Morgan fingerprint density at radius 2 is 2.00 bits per heavy atom. The lowest BCUT2D eigenvalue weighted by Gasteiger charge is -2.06. The zero-order valence-corrected chi connectivity index (χ0v) is 11.2. The van der Waals surface area contributed by atoms with Gasteiger partial charge in [0, 0.05) is 28.0 Å². The summed E-state index contributed by atoms with van der Waals surface area (Å²) in [6.45, 7) is 7.62. The first-order chi connectivity index (χ1) is 8.47. The minimum absolute atomic E-state index is 0.0487. The van der Waals surface area contributed by atoms with E-state index in [1.54, 1.807) is 13.0 Å². The van der Waals surface area contributed by atoms with Crippen LogP contribution < -0.4 is 5.32 Å². The molecule has 0 spiro atoms. The van der Waals surface area contributed by atoms with E-state index in [1.165, 1.54) is 16.6 Å². The summed E-state index contributed by atoms with van der Waals surface area (Å²) >= 11 is 0. The summed E-state index contributed by atoms with van der Waals surface area (Å²) in [6.07, 6.45) is 1.59. The molecule has 0 radical (unpaired) electrons. The third kappa shape index (κ3) is 2.45. The smallest absolute Gasteiger partial charge is 0.154 e. The molecule has 0 aliphatic rings. The Balaban J connectivity index is 2.33. The molecule has 2 aromatic rings. The van der Waals surface area contributed by atoms with E-state index in [4.69, 9.17) is 0 Å². The van der Waals surface area contributed by atoms with E-state index in [-0.39, 0.29) is 5.78 Å². The highest BCUT2D eigenvalue weighted by Gasteiger charge is 2.04. The SMILES string of the molecule is CC(=O)C=C(C)Nc1ccc2c(C)c(C)[nH]c2c1. The van der Waals surface area contributed by atoms with Gasteiger partial charge < -0.3 is 10.3 Å². The second kappa shape index (κ2) is 4.69. The molecule has 0 saturated heterocycles. The molecule has 1 heterocycles. The average molecular weight is 242 g/mol. The van der Waals surface area contributed by atoms with Crippen molar-refractivity contribution < 1.29 is 4.79 Å². The largest absolute Gasteiger partial charge is 0.359 e. The number of aromatic amines is 1. The van der Waals surface area contributed by atoms with Crippen LogP contribution in [0.5, 0.6) is 0 Å². The number of rotatable bonds is 3. The van der Waals surface area contributed by atoms with Crippen LogP contribution in [0.1, 0.15) is 25.1 Å². The molecule has 3 heteroatoms. The molecule has 0 aliphatic heterocycles. The van der Waals surface area contributed by atoms with Gasteiger partial charge in [-0.25, -0.2) is 0 Å². The Hall–Kier alpha value is -2.03. The number of allylic oxidation sites excluding steroid dienone is 2. The Kier molecular flexibility index (Phi) is 3.24. The van der Waals surface area contributed by atoms with E-state index in [1.807, 2.05) is 13.0 Å². The van der Waals surface area contributed by atoms with Gasteiger partial charge in [-0.3, -0.25) is 4.79 Å². The number of H-pyrrole nitrogens is 1. The van der Waals surface area contributed by atoms with Crippen LogP contribution >= 0.6 is 0 Å². The fourth-order valence-electron chi connectivity index (χ4n) is 2.12. The first-order valence-electron chi connectivity index (χ1n) is 6.02. The summed E-state index contributed by atoms with van der Waals surface area (Å²) in [6, 6.07) is 6.18. The standard InChI is InChI=1S/C15H18N2O/c1-9(7-10(2)18)16-13-5-6-14-11(3)12(4)17-15(14)8-13/h5-8,16-17H,1-4H3. The highest BCUT2D eigenvalue weighted by molar-refractivity contribution is 5.89. The number of aromatic nitrogens is 1. The Bertz CT molecular complexity index is 635. The van der Waals surface area contributed by atoms with Crippen molar-refractivity contribution >= 4 is 22.4 Å². The Morgan fingerprint density at radius 1 is 1.28 bits per heavy atom. The zero-order valence-electron chi connectivity index (χ0n) is 11.2. The predicted octanol–water partition coefficient (Wildman–Crippen LogP) is 3.69. The van der Waals surface area contributed by atoms with Crippen molar-refractivity contribution in [3.63, 3.8) is 0 Å². The molecule has 1 aromatic heterocycles. The second-order valence-corrected chi connectivity index (χ2v) is 4.70. The molecule has 0 aliphatic carbocycles. The Labute approximate surface area is 107 Å². The topological polar surface area (TPSA) is 44.9 Å². The fourth-order valence-corrected chi connectivity index (χ4v) is 2.12. The zero-order chi connectivity index (χ0) is 13.3. The van der Waals surface area contributed by atoms with Crippen molar-refractivity contribution in [2.45, 2.75) is 27.7 Å². The van der Waals surface area contributed by atoms with Gasteiger partial charge in [-0.05, 0) is 51.5 Å². The quantitative estimate of drug-likeness (QED) is 0.806. The number of hydrogen-bond acceptors (Lipinski definition) is 2. The number of nitrogens with one attached hydrogen (secondary N) is 2. The third-order valence-electron chi connectivity index (χ3n) is 3.07. The minimum Gasteiger partial charge on any atom is -0.359 e. The van der Waals surface area contributed by atoms with E-state index < -0.39 is 0 Å². The van der Waals surface area contributed by atoms with E-state index in [2.05, 4.69) is 36.3 Å². The summed E-state index contributed by atoms with van der Waals surface area (Å²) in [4.78, 5) is 14.3. The number of ketones is 1. The van der Waals surface area contributed by atoms with Gasteiger partial charge in [-0.1, -0.05) is 6.07 Å². The van der Waals surface area contributed by atoms with Crippen LogP contribution in [0.2, 0.25) is 0 Å². The number of carbonyl (C=O) groups excluding carboxylic acids is 1. The van der Waals surface area contributed by atoms with Gasteiger partial charge in [0.25, 0.3) is 0 Å². The molecule has 0 unspecified atom stereocenters. The van der Waals surface area contributed by atoms with Crippen LogP contribution in [0.25, 0.3) is 10.9 Å². The molecular weight excluding hydrogens is 224 g/mol. The number of fused-ring (bicyclic) bond motifs is 1. The number of hydrogen-bond donors (Lipinski definition) is 2. The van der Waals surface area contributed by atoms with Gasteiger partial charge in [-0.15, -0.1) is 0 Å². The molecule has 0 bridgehead atoms. The van der Waals surface area contributed by atoms with Crippen LogP contribution in [0.3, 0.4) is 0 Å². The lowest BCUT2D eigenvalue weighted by Crippen LogP contribution is -1.97. The number of anilines is 1. The normalized spacial score (nSPS) is 11.9. The van der Waals surface area contributed by atoms with Crippen LogP contribution in [-0.2, 0) is 4.79 Å². The van der Waals surface area contributed by atoms with E-state index in [0.717, 1.165) is 16.9 Å². The van der Waals surface area contributed by atoms with Gasteiger partial charge >= 0.3 is 0 Å². The minimum atomic E-state index is 0.0487. The van der Waals surface area contributed by atoms with Crippen molar-refractivity contribution in [3.05, 3.63) is 41.2 Å². The summed E-state index contributed by atoms with van der Waals surface area (Å²) in [7, 11) is 0. The maximum absolute atomic E-state index is 11.0. The molecule has 0 atom stereocenters. The van der Waals surface area contributed by atoms with Gasteiger partial charge in [-0.2, -0.15) is 0 Å². The maximum Gasteiger partial charge on any atom is 0.154 e. The van der Waals surface area contributed by atoms with Crippen LogP contribution in [0.15, 0.2) is 30.0 Å². The highest BCUT2D eigenvalue weighted by atomic mass is 16.1. The van der Waals surface area contributed by atoms with Gasteiger partial charge in [0.15, 0.2) is 5.78 Å². The summed E-state index contributed by atoms with van der Waals surface area (Å²) in [5.74, 6) is 0.0487. The van der Waals surface area contributed by atoms with Crippen molar-refractivity contribution in [3.8, 4) is 0 Å². The maximum atomic E-state index is 11.0. The molecule has 2 N–H and O–H groups in total. The lowest BCUT2D eigenvalue weighted by atomic mass is 10.1. The lowest BCUT2D eigenvalue weighted by molar-refractivity contribution is -0.112. The van der Waals surface area contributed by atoms with Gasteiger partial charge in [0.05, 0.1) is 0 Å². The first-order valence-corrected chi connectivity index (χ1v) is 6.02. The molecule has 0 saturated carbocycles. The van der Waals surface area contributed by atoms with Gasteiger partial charge in [0.2, 0.25) is 0 Å². The first kappa shape index (κ1) is 12.4. The molecule has 2 rings (SSSR count). The molecule has 94 valence electrons. The predicted molar refractivity (Wildman–Crippen MR) is 75.8 cm³/mol.